The molecule has 1 aromatic heterocycles. The number of aliphatic hydroxyl groups excluding tert-OH is 1. The molecule has 5 heterocycles. The van der Waals surface area contributed by atoms with E-state index in [4.69, 9.17) is 4.74 Å². The number of para-hydroxylation sites is 1. The molecule has 0 radical (unpaired) electrons. The van der Waals surface area contributed by atoms with Gasteiger partial charge in [0, 0.05) is 11.3 Å². The number of aromatic nitrogens is 3. The van der Waals surface area contributed by atoms with Crippen molar-refractivity contribution >= 4 is 40.6 Å². The average molecular weight is 580 g/mol. The van der Waals surface area contributed by atoms with Crippen molar-refractivity contribution in [3.8, 4) is 0 Å². The third-order valence-corrected chi connectivity index (χ3v) is 11.1. The van der Waals surface area contributed by atoms with Crippen molar-refractivity contribution in [2.24, 2.45) is 17.8 Å². The molecule has 1 aromatic carbocycles. The third kappa shape index (κ3) is 4.31. The Morgan fingerprint density at radius 3 is 2.73 bits per heavy atom. The van der Waals surface area contributed by atoms with Gasteiger partial charge in [-0.2, -0.15) is 0 Å². The van der Waals surface area contributed by atoms with Crippen LogP contribution in [0.25, 0.3) is 11.0 Å². The molecule has 11 heteroatoms. The Kier molecular flexibility index (Phi) is 7.22. The van der Waals surface area contributed by atoms with Crippen molar-refractivity contribution in [2.45, 2.75) is 68.3 Å². The topological polar surface area (TPSA) is 118 Å². The zero-order valence-electron chi connectivity index (χ0n) is 23.7. The first-order valence-corrected chi connectivity index (χ1v) is 15.3. The van der Waals surface area contributed by atoms with Crippen molar-refractivity contribution in [2.75, 3.05) is 19.8 Å². The highest BCUT2D eigenvalue weighted by atomic mass is 32.2. The number of benzene rings is 1. The summed E-state index contributed by atoms with van der Waals surface area (Å²) in [5.74, 6) is -2.53. The molecule has 2 saturated heterocycles. The maximum atomic E-state index is 14.7. The van der Waals surface area contributed by atoms with Gasteiger partial charge in [-0.1, -0.05) is 61.9 Å². The number of hydrogen-bond donors (Lipinski definition) is 1. The highest BCUT2D eigenvalue weighted by Crippen LogP contribution is 2.65. The van der Waals surface area contributed by atoms with E-state index in [1.165, 1.54) is 11.8 Å². The van der Waals surface area contributed by atoms with Gasteiger partial charge in [-0.3, -0.25) is 14.4 Å². The number of cyclic esters (lactones) is 1. The van der Waals surface area contributed by atoms with E-state index in [2.05, 4.69) is 16.4 Å². The van der Waals surface area contributed by atoms with Crippen LogP contribution >= 0.6 is 11.8 Å². The summed E-state index contributed by atoms with van der Waals surface area (Å²) in [5, 5.41) is 19.1. The molecule has 0 aliphatic carbocycles. The minimum atomic E-state index is -1.00. The van der Waals surface area contributed by atoms with Gasteiger partial charge in [0.25, 0.3) is 0 Å². The standard InChI is InChI=1S/C30H37N5O5S/c1-4-19(2)22(17-36)35-25-27(38)33(18-34-21-12-7-6-11-20(21)31-32-34)15-10-14-30(25)23(26(35)37)24-28(39)40-16-9-5-8-13-29(24,3)41-30/h6-8,10-14,19,22-25,36H,4-5,9,15-18H2,1-3H3/b13-8-/t19-,22-,23-,24+,25?,29-,30-/m0/s1. The molecule has 218 valence electrons. The quantitative estimate of drug-likeness (QED) is 0.410. The second-order valence-corrected chi connectivity index (χ2v) is 13.6. The van der Waals surface area contributed by atoms with E-state index in [0.29, 0.717) is 13.2 Å². The summed E-state index contributed by atoms with van der Waals surface area (Å²) in [7, 11) is 0. The first-order chi connectivity index (χ1) is 19.8. The molecule has 2 aromatic rings. The SMILES string of the molecule is CC[C@H](C)[C@H](CO)N1C(=O)[C@@H]2[C@@H]3C(=O)OCCC/C=C\[C@]3(C)S[C@@]23C=CCN(Cn2nnc4ccccc42)C(=O)C13. The predicted molar refractivity (Wildman–Crippen MR) is 154 cm³/mol. The van der Waals surface area contributed by atoms with Gasteiger partial charge >= 0.3 is 5.97 Å². The molecule has 2 fully saturated rings. The Balaban J connectivity index is 1.47. The van der Waals surface area contributed by atoms with E-state index >= 15 is 0 Å². The van der Waals surface area contributed by atoms with E-state index in [-0.39, 0.29) is 31.0 Å². The van der Waals surface area contributed by atoms with Crippen molar-refractivity contribution in [3.63, 3.8) is 0 Å². The summed E-state index contributed by atoms with van der Waals surface area (Å²) in [6.45, 7) is 6.46. The monoisotopic (exact) mass is 579 g/mol. The van der Waals surface area contributed by atoms with Gasteiger partial charge in [-0.25, -0.2) is 4.68 Å². The van der Waals surface area contributed by atoms with Gasteiger partial charge in [0.2, 0.25) is 11.8 Å². The smallest absolute Gasteiger partial charge is 0.311 e. The molecule has 0 saturated carbocycles. The second-order valence-electron chi connectivity index (χ2n) is 11.8. The normalized spacial score (nSPS) is 33.8. The van der Waals surface area contributed by atoms with E-state index in [1.54, 1.807) is 14.5 Å². The van der Waals surface area contributed by atoms with Gasteiger partial charge < -0.3 is 19.6 Å². The first kappa shape index (κ1) is 28.0. The van der Waals surface area contributed by atoms with E-state index < -0.39 is 39.4 Å². The molecular weight excluding hydrogens is 542 g/mol. The van der Waals surface area contributed by atoms with Gasteiger partial charge in [-0.05, 0) is 37.8 Å². The lowest BCUT2D eigenvalue weighted by molar-refractivity contribution is -0.155. The van der Waals surface area contributed by atoms with Crippen molar-refractivity contribution in [3.05, 3.63) is 48.6 Å². The summed E-state index contributed by atoms with van der Waals surface area (Å²) >= 11 is 1.52. The number of thioether (sulfide) groups is 1. The molecule has 0 bridgehead atoms. The van der Waals surface area contributed by atoms with Gasteiger partial charge in [0.1, 0.15) is 18.2 Å². The zero-order valence-corrected chi connectivity index (χ0v) is 24.5. The fraction of sp³-hybridized carbons (Fsp3) is 0.567. The lowest BCUT2D eigenvalue weighted by atomic mass is 9.74. The summed E-state index contributed by atoms with van der Waals surface area (Å²) in [5.41, 5.74) is 1.53. The number of amides is 2. The van der Waals surface area contributed by atoms with Crippen LogP contribution in [-0.2, 0) is 25.8 Å². The van der Waals surface area contributed by atoms with E-state index in [0.717, 1.165) is 30.3 Å². The lowest BCUT2D eigenvalue weighted by Crippen LogP contribution is -2.58. The Labute approximate surface area is 243 Å². The number of ether oxygens (including phenoxy) is 1. The molecular formula is C30H37N5O5S. The van der Waals surface area contributed by atoms with Gasteiger partial charge in [0.05, 0.1) is 41.4 Å². The average Bonchev–Trinajstić information content (AvgIpc) is 3.53. The van der Waals surface area contributed by atoms with Crippen molar-refractivity contribution in [1.29, 1.82) is 0 Å². The number of aliphatic hydroxyl groups is 1. The van der Waals surface area contributed by atoms with Crippen LogP contribution in [0.2, 0.25) is 0 Å². The number of rotatable bonds is 6. The number of carbonyl (C=O) groups excluding carboxylic acids is 3. The molecule has 4 aliphatic heterocycles. The van der Waals surface area contributed by atoms with Gasteiger partial charge in [-0.15, -0.1) is 16.9 Å². The molecule has 1 spiro atoms. The van der Waals surface area contributed by atoms with Crippen LogP contribution in [0.1, 0.15) is 40.0 Å². The zero-order chi connectivity index (χ0) is 28.9. The molecule has 1 unspecified atom stereocenters. The number of carbonyl (C=O) groups is 3. The van der Waals surface area contributed by atoms with Crippen LogP contribution < -0.4 is 0 Å². The lowest BCUT2D eigenvalue weighted by Gasteiger charge is -2.41. The predicted octanol–water partition coefficient (Wildman–Crippen LogP) is 2.77. The Morgan fingerprint density at radius 2 is 1.95 bits per heavy atom. The highest BCUT2D eigenvalue weighted by Gasteiger charge is 2.74. The summed E-state index contributed by atoms with van der Waals surface area (Å²) < 4.78 is 5.66. The van der Waals surface area contributed by atoms with E-state index in [1.807, 2.05) is 63.3 Å². The minimum Gasteiger partial charge on any atom is -0.465 e. The van der Waals surface area contributed by atoms with Crippen molar-refractivity contribution < 1.29 is 24.2 Å². The molecule has 1 N–H and O–H groups in total. The number of esters is 1. The van der Waals surface area contributed by atoms with E-state index in [9.17, 15) is 19.5 Å². The number of likely N-dealkylation sites (tertiary alicyclic amines) is 1. The first-order valence-electron chi connectivity index (χ1n) is 14.5. The fourth-order valence-corrected chi connectivity index (χ4v) is 9.24. The van der Waals surface area contributed by atoms with Crippen LogP contribution in [0.15, 0.2) is 48.6 Å². The summed E-state index contributed by atoms with van der Waals surface area (Å²) in [4.78, 5) is 46.2. The fourth-order valence-electron chi connectivity index (χ4n) is 7.10. The summed E-state index contributed by atoms with van der Waals surface area (Å²) in [6, 6.07) is 6.10. The van der Waals surface area contributed by atoms with Crippen LogP contribution in [0.5, 0.6) is 0 Å². The largest absolute Gasteiger partial charge is 0.465 e. The second kappa shape index (κ2) is 10.6. The minimum absolute atomic E-state index is 0.0590. The molecule has 41 heavy (non-hydrogen) atoms. The third-order valence-electron chi connectivity index (χ3n) is 9.34. The van der Waals surface area contributed by atoms with Crippen LogP contribution in [0.3, 0.4) is 0 Å². The molecule has 10 nitrogen and oxygen atoms in total. The number of hydrogen-bond acceptors (Lipinski definition) is 8. The van der Waals surface area contributed by atoms with Crippen LogP contribution in [0, 0.1) is 17.8 Å². The maximum Gasteiger partial charge on any atom is 0.311 e. The molecule has 2 amide bonds. The Bertz CT molecular complexity index is 1420. The highest BCUT2D eigenvalue weighted by molar-refractivity contribution is 8.02. The van der Waals surface area contributed by atoms with Crippen LogP contribution in [0.4, 0.5) is 0 Å². The van der Waals surface area contributed by atoms with Crippen LogP contribution in [-0.4, -0.2) is 89.0 Å². The number of nitrogens with zero attached hydrogens (tertiary/aromatic N) is 5. The Morgan fingerprint density at radius 1 is 1.15 bits per heavy atom. The maximum absolute atomic E-state index is 14.7. The molecule has 7 atom stereocenters. The number of allylic oxidation sites excluding steroid dienone is 1. The Hall–Kier alpha value is -3.18. The number of fused-ring (bicyclic) bond motifs is 3. The summed E-state index contributed by atoms with van der Waals surface area (Å²) in [6.07, 6.45) is 10.2. The molecule has 6 rings (SSSR count). The van der Waals surface area contributed by atoms with Gasteiger partial charge in [0.15, 0.2) is 0 Å². The van der Waals surface area contributed by atoms with Crippen molar-refractivity contribution in [1.82, 2.24) is 24.8 Å². The molecule has 4 aliphatic rings.